The van der Waals surface area contributed by atoms with Crippen molar-refractivity contribution in [1.82, 2.24) is 4.90 Å². The van der Waals surface area contributed by atoms with Gasteiger partial charge in [0.15, 0.2) is 0 Å². The number of amides is 1. The average molecular weight is 319 g/mol. The number of aliphatic hydroxyl groups excluding tert-OH is 1. The minimum Gasteiger partial charge on any atom is -0.394 e. The third-order valence-corrected chi connectivity index (χ3v) is 4.56. The summed E-state index contributed by atoms with van der Waals surface area (Å²) in [6, 6.07) is 10.2. The second-order valence-corrected chi connectivity index (χ2v) is 6.75. The topological polar surface area (TPSA) is 49.8 Å². The SMILES string of the molecule is C[C@H](COCc1ccccc1)C[C@H](C)C(=O)N1CCC[C@@H]1CO. The molecule has 1 aromatic rings. The van der Waals surface area contributed by atoms with E-state index in [-0.39, 0.29) is 24.5 Å². The molecule has 1 saturated heterocycles. The van der Waals surface area contributed by atoms with Crippen LogP contribution in [0.15, 0.2) is 30.3 Å². The first kappa shape index (κ1) is 18.0. The molecule has 0 aliphatic carbocycles. The molecule has 1 heterocycles. The zero-order chi connectivity index (χ0) is 16.7. The van der Waals surface area contributed by atoms with Crippen molar-refractivity contribution in [2.45, 2.75) is 45.8 Å². The van der Waals surface area contributed by atoms with Crippen LogP contribution in [0.3, 0.4) is 0 Å². The van der Waals surface area contributed by atoms with E-state index >= 15 is 0 Å². The number of ether oxygens (including phenoxy) is 1. The molecule has 1 aliphatic heterocycles. The molecule has 1 N–H and O–H groups in total. The summed E-state index contributed by atoms with van der Waals surface area (Å²) in [6.07, 6.45) is 2.74. The van der Waals surface area contributed by atoms with Gasteiger partial charge in [-0.05, 0) is 30.7 Å². The van der Waals surface area contributed by atoms with Gasteiger partial charge in [0.1, 0.15) is 0 Å². The van der Waals surface area contributed by atoms with Gasteiger partial charge in [-0.1, -0.05) is 44.2 Å². The second kappa shape index (κ2) is 9.04. The van der Waals surface area contributed by atoms with Gasteiger partial charge in [-0.3, -0.25) is 4.79 Å². The molecule has 0 saturated carbocycles. The van der Waals surface area contributed by atoms with Crippen LogP contribution in [0.5, 0.6) is 0 Å². The molecule has 1 aromatic carbocycles. The molecule has 23 heavy (non-hydrogen) atoms. The van der Waals surface area contributed by atoms with Gasteiger partial charge in [0.05, 0.1) is 19.3 Å². The molecule has 4 nitrogen and oxygen atoms in total. The number of nitrogens with zero attached hydrogens (tertiary/aromatic N) is 1. The van der Waals surface area contributed by atoms with Crippen LogP contribution in [0.2, 0.25) is 0 Å². The molecule has 3 atom stereocenters. The van der Waals surface area contributed by atoms with E-state index in [9.17, 15) is 9.90 Å². The predicted octanol–water partition coefficient (Wildman–Crippen LogP) is 2.85. The summed E-state index contributed by atoms with van der Waals surface area (Å²) in [6.45, 7) is 6.26. The molecular weight excluding hydrogens is 290 g/mol. The molecule has 1 amide bonds. The third-order valence-electron chi connectivity index (χ3n) is 4.56. The number of likely N-dealkylation sites (tertiary alicyclic amines) is 1. The van der Waals surface area contributed by atoms with Gasteiger partial charge >= 0.3 is 0 Å². The van der Waals surface area contributed by atoms with Crippen molar-refractivity contribution >= 4 is 5.91 Å². The van der Waals surface area contributed by atoms with E-state index < -0.39 is 0 Å². The first-order valence-electron chi connectivity index (χ1n) is 8.64. The van der Waals surface area contributed by atoms with Crippen molar-refractivity contribution < 1.29 is 14.6 Å². The summed E-state index contributed by atoms with van der Waals surface area (Å²) >= 11 is 0. The molecule has 0 unspecified atom stereocenters. The van der Waals surface area contributed by atoms with Crippen molar-refractivity contribution in [3.05, 3.63) is 35.9 Å². The van der Waals surface area contributed by atoms with Crippen LogP contribution in [0.1, 0.15) is 38.7 Å². The number of benzene rings is 1. The van der Waals surface area contributed by atoms with E-state index in [1.54, 1.807) is 0 Å². The normalized spacial score (nSPS) is 20.5. The highest BCUT2D eigenvalue weighted by molar-refractivity contribution is 5.79. The Morgan fingerprint density at radius 3 is 2.78 bits per heavy atom. The first-order valence-corrected chi connectivity index (χ1v) is 8.64. The van der Waals surface area contributed by atoms with Crippen LogP contribution in [-0.2, 0) is 16.1 Å². The molecule has 4 heteroatoms. The van der Waals surface area contributed by atoms with Gasteiger partial charge in [-0.2, -0.15) is 0 Å². The Labute approximate surface area is 139 Å². The standard InChI is InChI=1S/C19H29NO3/c1-15(13-23-14-17-7-4-3-5-8-17)11-16(2)19(22)20-10-6-9-18(20)12-21/h3-5,7-8,15-16,18,21H,6,9-14H2,1-2H3/t15-,16-,18+/m0/s1. The van der Waals surface area contributed by atoms with Crippen molar-refractivity contribution in [3.63, 3.8) is 0 Å². The summed E-state index contributed by atoms with van der Waals surface area (Å²) in [7, 11) is 0. The molecule has 128 valence electrons. The Morgan fingerprint density at radius 1 is 1.35 bits per heavy atom. The van der Waals surface area contributed by atoms with E-state index in [0.29, 0.717) is 19.1 Å². The van der Waals surface area contributed by atoms with Crippen molar-refractivity contribution in [2.75, 3.05) is 19.8 Å². The van der Waals surface area contributed by atoms with E-state index in [0.717, 1.165) is 25.8 Å². The summed E-state index contributed by atoms with van der Waals surface area (Å²) in [4.78, 5) is 14.4. The van der Waals surface area contributed by atoms with Gasteiger partial charge in [-0.25, -0.2) is 0 Å². The van der Waals surface area contributed by atoms with Gasteiger partial charge in [0, 0.05) is 19.1 Å². The number of hydrogen-bond donors (Lipinski definition) is 1. The summed E-state index contributed by atoms with van der Waals surface area (Å²) in [5.41, 5.74) is 1.17. The number of carbonyl (C=O) groups excluding carboxylic acids is 1. The van der Waals surface area contributed by atoms with Gasteiger partial charge in [0.2, 0.25) is 5.91 Å². The maximum atomic E-state index is 12.5. The van der Waals surface area contributed by atoms with Crippen LogP contribution < -0.4 is 0 Å². The van der Waals surface area contributed by atoms with Crippen LogP contribution in [0, 0.1) is 11.8 Å². The molecule has 0 spiro atoms. The molecule has 2 rings (SSSR count). The Bertz CT molecular complexity index is 477. The number of carbonyl (C=O) groups is 1. The smallest absolute Gasteiger partial charge is 0.225 e. The third kappa shape index (κ3) is 5.33. The fourth-order valence-electron chi connectivity index (χ4n) is 3.32. The lowest BCUT2D eigenvalue weighted by atomic mass is 9.96. The van der Waals surface area contributed by atoms with Gasteiger partial charge in [0.25, 0.3) is 0 Å². The number of rotatable bonds is 8. The van der Waals surface area contributed by atoms with Crippen molar-refractivity contribution in [2.24, 2.45) is 11.8 Å². The summed E-state index contributed by atoms with van der Waals surface area (Å²) in [5, 5.41) is 9.36. The van der Waals surface area contributed by atoms with Crippen molar-refractivity contribution in [3.8, 4) is 0 Å². The van der Waals surface area contributed by atoms with Crippen molar-refractivity contribution in [1.29, 1.82) is 0 Å². The van der Waals surface area contributed by atoms with Gasteiger partial charge < -0.3 is 14.7 Å². The first-order chi connectivity index (χ1) is 11.1. The lowest BCUT2D eigenvalue weighted by Gasteiger charge is -2.27. The van der Waals surface area contributed by atoms with E-state index in [1.807, 2.05) is 30.0 Å². The van der Waals surface area contributed by atoms with Crippen LogP contribution >= 0.6 is 0 Å². The van der Waals surface area contributed by atoms with Crippen LogP contribution in [0.25, 0.3) is 0 Å². The molecule has 0 bridgehead atoms. The summed E-state index contributed by atoms with van der Waals surface area (Å²) < 4.78 is 5.76. The molecule has 0 aromatic heterocycles. The Kier molecular flexibility index (Phi) is 7.06. The maximum absolute atomic E-state index is 12.5. The monoisotopic (exact) mass is 319 g/mol. The quantitative estimate of drug-likeness (QED) is 0.801. The lowest BCUT2D eigenvalue weighted by molar-refractivity contribution is -0.137. The molecule has 0 radical (unpaired) electrons. The number of hydrogen-bond acceptors (Lipinski definition) is 3. The average Bonchev–Trinajstić information content (AvgIpc) is 3.03. The Balaban J connectivity index is 1.71. The summed E-state index contributed by atoms with van der Waals surface area (Å²) in [5.74, 6) is 0.502. The highest BCUT2D eigenvalue weighted by Crippen LogP contribution is 2.22. The molecule has 1 aliphatic rings. The van der Waals surface area contributed by atoms with Crippen LogP contribution in [-0.4, -0.2) is 41.7 Å². The molecule has 1 fully saturated rings. The van der Waals surface area contributed by atoms with E-state index in [4.69, 9.17) is 4.74 Å². The van der Waals surface area contributed by atoms with E-state index in [2.05, 4.69) is 19.1 Å². The molecular formula is C19H29NO3. The minimum atomic E-state index is -0.0162. The van der Waals surface area contributed by atoms with Crippen LogP contribution in [0.4, 0.5) is 0 Å². The highest BCUT2D eigenvalue weighted by atomic mass is 16.5. The predicted molar refractivity (Wildman–Crippen MR) is 90.9 cm³/mol. The fourth-order valence-corrected chi connectivity index (χ4v) is 3.32. The minimum absolute atomic E-state index is 0.0162. The van der Waals surface area contributed by atoms with Gasteiger partial charge in [-0.15, -0.1) is 0 Å². The zero-order valence-corrected chi connectivity index (χ0v) is 14.3. The van der Waals surface area contributed by atoms with E-state index in [1.165, 1.54) is 5.56 Å². The number of aliphatic hydroxyl groups is 1. The lowest BCUT2D eigenvalue weighted by Crippen LogP contribution is -2.41. The Morgan fingerprint density at radius 2 is 2.09 bits per heavy atom. The Hall–Kier alpha value is -1.39. The zero-order valence-electron chi connectivity index (χ0n) is 14.3. The highest BCUT2D eigenvalue weighted by Gasteiger charge is 2.31. The maximum Gasteiger partial charge on any atom is 0.225 e. The second-order valence-electron chi connectivity index (χ2n) is 6.75. The largest absolute Gasteiger partial charge is 0.394 e. The fraction of sp³-hybridized carbons (Fsp3) is 0.632.